The Balaban J connectivity index is 0. The van der Waals surface area contributed by atoms with Crippen LogP contribution in [0.4, 0.5) is 9.59 Å². The van der Waals surface area contributed by atoms with Gasteiger partial charge in [-0.1, -0.05) is 20.8 Å². The average Bonchev–Trinajstić information content (AvgIpc) is 2.78. The minimum atomic E-state index is -0.714. The molecule has 13 heteroatoms. The van der Waals surface area contributed by atoms with E-state index in [0.717, 1.165) is 9.80 Å². The molecule has 10 nitrogen and oxygen atoms in total. The van der Waals surface area contributed by atoms with Crippen LogP contribution in [0.1, 0.15) is 72.1 Å². The normalized spacial score (nSPS) is 12.7. The van der Waals surface area contributed by atoms with E-state index in [-0.39, 0.29) is 59.8 Å². The fourth-order valence-electron chi connectivity index (χ4n) is 3.29. The summed E-state index contributed by atoms with van der Waals surface area (Å²) in [4.78, 5) is 73.4. The highest BCUT2D eigenvalue weighted by molar-refractivity contribution is 7.81. The van der Waals surface area contributed by atoms with E-state index in [2.05, 4.69) is 37.9 Å². The zero-order valence-electron chi connectivity index (χ0n) is 22.2. The van der Waals surface area contributed by atoms with E-state index >= 15 is 0 Å². The van der Waals surface area contributed by atoms with Gasteiger partial charge < -0.3 is 10.0 Å². The molecule has 0 aromatic rings. The van der Waals surface area contributed by atoms with Gasteiger partial charge in [0.25, 0.3) is 6.47 Å². The van der Waals surface area contributed by atoms with Gasteiger partial charge in [0, 0.05) is 62.9 Å². The summed E-state index contributed by atoms with van der Waals surface area (Å²) in [5.74, 6) is 0.0707. The molecule has 0 aromatic heterocycles. The molecule has 0 fully saturated rings. The Kier molecular flexibility index (Phi) is 22.5. The van der Waals surface area contributed by atoms with E-state index in [9.17, 15) is 24.0 Å². The molecule has 0 aliphatic heterocycles. The van der Waals surface area contributed by atoms with Gasteiger partial charge in [0.05, 0.1) is 0 Å². The zero-order valence-corrected chi connectivity index (χ0v) is 24.9. The van der Waals surface area contributed by atoms with Gasteiger partial charge in [-0.05, 0) is 30.9 Å². The summed E-state index contributed by atoms with van der Waals surface area (Å²) in [6.07, 6.45) is 3.66. The number of ketones is 2. The fraction of sp³-hybridized carbons (Fsp3) is 0.750. The Morgan fingerprint density at radius 1 is 0.757 bits per heavy atom. The quantitative estimate of drug-likeness (QED) is 0.152. The molecule has 0 saturated heterocycles. The molecule has 0 heterocycles. The summed E-state index contributed by atoms with van der Waals surface area (Å²) >= 11 is 12.7. The number of rotatable bonds is 17. The molecule has 1 N–H and O–H groups in total. The van der Waals surface area contributed by atoms with Gasteiger partial charge in [-0.2, -0.15) is 37.9 Å². The second kappa shape index (κ2) is 22.3. The number of hydrogen-bond acceptors (Lipinski definition) is 9. The molecule has 0 saturated carbocycles. The summed E-state index contributed by atoms with van der Waals surface area (Å²) in [5.41, 5.74) is 0. The molecule has 0 aliphatic rings. The monoisotopic (exact) mass is 581 g/mol. The smallest absolute Gasteiger partial charge is 0.334 e. The Bertz CT molecular complexity index is 722. The second-order valence-corrected chi connectivity index (χ2v) is 11.6. The molecule has 214 valence electrons. The van der Waals surface area contributed by atoms with Crippen molar-refractivity contribution in [2.45, 2.75) is 87.9 Å². The van der Waals surface area contributed by atoms with Crippen LogP contribution < -0.4 is 0 Å². The van der Waals surface area contributed by atoms with Gasteiger partial charge in [0.1, 0.15) is 11.6 Å². The first-order valence-corrected chi connectivity index (χ1v) is 13.8. The highest BCUT2D eigenvalue weighted by Gasteiger charge is 2.28. The van der Waals surface area contributed by atoms with Crippen LogP contribution in [0.25, 0.3) is 0 Å². The zero-order chi connectivity index (χ0) is 29.0. The van der Waals surface area contributed by atoms with Crippen LogP contribution in [0, 0.1) is 0 Å². The molecule has 0 spiro atoms. The van der Waals surface area contributed by atoms with E-state index in [0.29, 0.717) is 51.4 Å². The Hall–Kier alpha value is -1.73. The van der Waals surface area contributed by atoms with E-state index in [1.807, 2.05) is 20.8 Å². The van der Waals surface area contributed by atoms with Crippen molar-refractivity contribution >= 4 is 74.4 Å². The number of carbonyl (C=O) groups is 6. The lowest BCUT2D eigenvalue weighted by molar-refractivity contribution is -0.123. The number of imide groups is 2. The maximum absolute atomic E-state index is 13.1. The van der Waals surface area contributed by atoms with Crippen LogP contribution in [0.15, 0.2) is 0 Å². The maximum atomic E-state index is 13.1. The molecule has 0 bridgehead atoms. The van der Waals surface area contributed by atoms with Crippen molar-refractivity contribution in [3.05, 3.63) is 0 Å². The maximum Gasteiger partial charge on any atom is 0.334 e. The van der Waals surface area contributed by atoms with E-state index in [1.54, 1.807) is 7.05 Å². The number of urea groups is 2. The molecular weight excluding hydrogens is 538 g/mol. The summed E-state index contributed by atoms with van der Waals surface area (Å²) in [6, 6.07) is -1.28. The predicted molar refractivity (Wildman–Crippen MR) is 154 cm³/mol. The second-order valence-electron chi connectivity index (χ2n) is 8.92. The molecule has 5 amide bonds. The van der Waals surface area contributed by atoms with Crippen molar-refractivity contribution in [1.29, 1.82) is 0 Å². The summed E-state index contributed by atoms with van der Waals surface area (Å²) in [5, 5.41) is 6.93. The number of carboxylic acid groups (broad SMARTS) is 1. The van der Waals surface area contributed by atoms with E-state index in [4.69, 9.17) is 9.90 Å². The lowest BCUT2D eigenvalue weighted by Gasteiger charge is -2.29. The molecule has 37 heavy (non-hydrogen) atoms. The molecule has 0 aliphatic carbocycles. The lowest BCUT2D eigenvalue weighted by atomic mass is 10.1. The number of carbonyl (C=O) groups excluding carboxylic acids is 5. The number of thiol groups is 3. The third-order valence-corrected chi connectivity index (χ3v) is 5.64. The van der Waals surface area contributed by atoms with Crippen LogP contribution in [0.3, 0.4) is 0 Å². The van der Waals surface area contributed by atoms with Crippen molar-refractivity contribution < 1.29 is 33.9 Å². The number of amides is 5. The van der Waals surface area contributed by atoms with Gasteiger partial charge in [-0.25, -0.2) is 14.5 Å². The minimum Gasteiger partial charge on any atom is -0.483 e. The molecule has 0 aromatic carbocycles. The van der Waals surface area contributed by atoms with Crippen LogP contribution in [-0.4, -0.2) is 98.7 Å². The summed E-state index contributed by atoms with van der Waals surface area (Å²) < 4.78 is 0. The van der Waals surface area contributed by atoms with Crippen molar-refractivity contribution in [1.82, 2.24) is 14.7 Å². The first-order valence-electron chi connectivity index (χ1n) is 12.2. The number of nitrogens with zero attached hydrogens (tertiary/aromatic N) is 3. The third-order valence-electron chi connectivity index (χ3n) is 5.01. The minimum absolute atomic E-state index is 0.00245. The molecule has 3 unspecified atom stereocenters. The van der Waals surface area contributed by atoms with Crippen LogP contribution in [-0.2, 0) is 19.2 Å². The standard InChI is InChI=1S/C23H41N3O5S3.CH2O2/c1-17(32)8-5-12-25(16-27)23(31)26(13-7-10-21(29)15-19(3)34)22(30)24(4)11-6-9-20(28)14-18(2)33;2-1-3/h16-19,32-34H,5-15H2,1-4H3;1H,(H,2,3). The lowest BCUT2D eigenvalue weighted by Crippen LogP contribution is -2.51. The highest BCUT2D eigenvalue weighted by Crippen LogP contribution is 2.12. The first-order chi connectivity index (χ1) is 17.3. The van der Waals surface area contributed by atoms with Gasteiger partial charge >= 0.3 is 12.1 Å². The van der Waals surface area contributed by atoms with E-state index in [1.165, 1.54) is 4.90 Å². The summed E-state index contributed by atoms with van der Waals surface area (Å²) in [7, 11) is 1.55. The third kappa shape index (κ3) is 20.0. The van der Waals surface area contributed by atoms with E-state index < -0.39 is 12.1 Å². The molecule has 0 rings (SSSR count). The summed E-state index contributed by atoms with van der Waals surface area (Å²) in [6.45, 7) is 5.81. The van der Waals surface area contributed by atoms with Gasteiger partial charge in [-0.3, -0.25) is 24.1 Å². The van der Waals surface area contributed by atoms with Crippen LogP contribution in [0.5, 0.6) is 0 Å². The highest BCUT2D eigenvalue weighted by atomic mass is 32.1. The van der Waals surface area contributed by atoms with Crippen molar-refractivity contribution in [2.75, 3.05) is 26.7 Å². The molecule has 0 radical (unpaired) electrons. The average molecular weight is 582 g/mol. The Labute approximate surface area is 237 Å². The molecular formula is C24H43N3O7S3. The fourth-order valence-corrected chi connectivity index (χ4v) is 3.88. The number of hydrogen-bond donors (Lipinski definition) is 4. The van der Waals surface area contributed by atoms with Crippen molar-refractivity contribution in [3.63, 3.8) is 0 Å². The van der Waals surface area contributed by atoms with Crippen LogP contribution in [0.2, 0.25) is 0 Å². The van der Waals surface area contributed by atoms with Gasteiger partial charge in [0.15, 0.2) is 0 Å². The Morgan fingerprint density at radius 3 is 1.62 bits per heavy atom. The van der Waals surface area contributed by atoms with Crippen molar-refractivity contribution in [2.24, 2.45) is 0 Å². The van der Waals surface area contributed by atoms with Crippen molar-refractivity contribution in [3.8, 4) is 0 Å². The topological polar surface area (TPSA) is 132 Å². The van der Waals surface area contributed by atoms with Crippen LogP contribution >= 0.6 is 37.9 Å². The largest absolute Gasteiger partial charge is 0.483 e. The molecule has 3 atom stereocenters. The Morgan fingerprint density at radius 2 is 1.22 bits per heavy atom. The van der Waals surface area contributed by atoms with Gasteiger partial charge in [0.2, 0.25) is 6.41 Å². The first kappa shape index (κ1) is 37.4. The van der Waals surface area contributed by atoms with Gasteiger partial charge in [-0.15, -0.1) is 0 Å². The number of Topliss-reactive ketones (excluding diaryl/α,β-unsaturated/α-hetero) is 2. The SMILES string of the molecule is CC(S)CCCN(C=O)C(=O)N(CCCC(=O)CC(C)S)C(=O)N(C)CCCC(=O)CC(C)S.O=CO. The predicted octanol–water partition coefficient (Wildman–Crippen LogP) is 3.83.